The summed E-state index contributed by atoms with van der Waals surface area (Å²) in [6.07, 6.45) is 2.31. The Kier molecular flexibility index (Phi) is 6.28. The molecule has 21 heavy (non-hydrogen) atoms. The van der Waals surface area contributed by atoms with Gasteiger partial charge in [-0.1, -0.05) is 38.5 Å². The zero-order chi connectivity index (χ0) is 16.0. The fourth-order valence-corrected chi connectivity index (χ4v) is 2.08. The topological polar surface area (TPSA) is 55.4 Å². The monoisotopic (exact) mass is 290 g/mol. The first-order chi connectivity index (χ1) is 9.85. The molecule has 0 saturated carbocycles. The molecule has 0 aliphatic heterocycles. The predicted octanol–water partition coefficient (Wildman–Crippen LogP) is 3.14. The molecule has 1 rings (SSSR count). The Morgan fingerprint density at radius 3 is 2.52 bits per heavy atom. The van der Waals surface area contributed by atoms with Crippen molar-refractivity contribution in [1.82, 2.24) is 0 Å². The van der Waals surface area contributed by atoms with Crippen LogP contribution in [0.2, 0.25) is 0 Å². The van der Waals surface area contributed by atoms with Gasteiger partial charge in [0.05, 0.1) is 0 Å². The van der Waals surface area contributed by atoms with E-state index in [1.165, 1.54) is 19.2 Å². The Balaban J connectivity index is 3.14. The molecular formula is C17H23FN2O. The molecule has 0 saturated heterocycles. The number of hydrogen-bond acceptors (Lipinski definition) is 2. The second-order valence-electron chi connectivity index (χ2n) is 5.53. The van der Waals surface area contributed by atoms with E-state index in [4.69, 9.17) is 5.73 Å². The minimum Gasteiger partial charge on any atom is -0.364 e. The molecule has 0 aliphatic rings. The molecule has 0 fully saturated rings. The highest BCUT2D eigenvalue weighted by Crippen LogP contribution is 2.24. The molecular weight excluding hydrogens is 267 g/mol. The fourth-order valence-electron chi connectivity index (χ4n) is 2.08. The zero-order valence-electron chi connectivity index (χ0n) is 13.1. The third-order valence-corrected chi connectivity index (χ3v) is 3.70. The highest BCUT2D eigenvalue weighted by atomic mass is 19.1. The summed E-state index contributed by atoms with van der Waals surface area (Å²) in [7, 11) is 1.54. The van der Waals surface area contributed by atoms with Gasteiger partial charge in [0, 0.05) is 7.05 Å². The van der Waals surface area contributed by atoms with Crippen LogP contribution in [0.4, 0.5) is 4.39 Å². The van der Waals surface area contributed by atoms with Gasteiger partial charge in [-0.2, -0.15) is 0 Å². The van der Waals surface area contributed by atoms with Crippen molar-refractivity contribution in [2.24, 2.45) is 22.6 Å². The van der Waals surface area contributed by atoms with Gasteiger partial charge in [0.2, 0.25) is 0 Å². The van der Waals surface area contributed by atoms with E-state index in [1.54, 1.807) is 12.1 Å². The molecule has 1 atom stereocenters. The summed E-state index contributed by atoms with van der Waals surface area (Å²) in [6.45, 7) is 6.30. The lowest BCUT2D eigenvalue weighted by atomic mass is 9.85. The van der Waals surface area contributed by atoms with Crippen molar-refractivity contribution in [3.63, 3.8) is 0 Å². The summed E-state index contributed by atoms with van der Waals surface area (Å²) in [5.41, 5.74) is 7.45. The summed E-state index contributed by atoms with van der Waals surface area (Å²) in [4.78, 5) is 15.3. The van der Waals surface area contributed by atoms with E-state index in [0.717, 1.165) is 11.1 Å². The summed E-state index contributed by atoms with van der Waals surface area (Å²) in [5, 5.41) is 0. The van der Waals surface area contributed by atoms with Crippen LogP contribution < -0.4 is 5.73 Å². The lowest BCUT2D eigenvalue weighted by molar-refractivity contribution is -0.111. The number of aliphatic imine (C=N–C) groups is 1. The molecule has 3 nitrogen and oxygen atoms in total. The fraction of sp³-hybridized carbons (Fsp3) is 0.412. The zero-order valence-corrected chi connectivity index (χ0v) is 13.1. The molecule has 0 aromatic heterocycles. The lowest BCUT2D eigenvalue weighted by Crippen LogP contribution is -2.23. The van der Waals surface area contributed by atoms with Crippen molar-refractivity contribution in [3.05, 3.63) is 47.3 Å². The molecule has 1 amide bonds. The maximum absolute atomic E-state index is 13.3. The van der Waals surface area contributed by atoms with Crippen LogP contribution >= 0.6 is 0 Å². The highest BCUT2D eigenvalue weighted by molar-refractivity contribution is 6.42. The predicted molar refractivity (Wildman–Crippen MR) is 84.7 cm³/mol. The largest absolute Gasteiger partial charge is 0.364 e. The SMILES string of the molecule is CN=C(/C=C(/Cc1cccc(F)c1)C(C)C(C)C)C(N)=O. The molecule has 0 aliphatic carbocycles. The van der Waals surface area contributed by atoms with E-state index in [9.17, 15) is 9.18 Å². The number of halogens is 1. The smallest absolute Gasteiger partial charge is 0.266 e. The Bertz CT molecular complexity index is 562. The van der Waals surface area contributed by atoms with Crippen LogP contribution in [0.3, 0.4) is 0 Å². The number of carbonyl (C=O) groups is 1. The van der Waals surface area contributed by atoms with Crippen LogP contribution in [0.5, 0.6) is 0 Å². The number of primary amides is 1. The minimum absolute atomic E-state index is 0.240. The Morgan fingerprint density at radius 2 is 2.05 bits per heavy atom. The Labute approximate surface area is 125 Å². The van der Waals surface area contributed by atoms with Gasteiger partial charge in [-0.15, -0.1) is 0 Å². The first-order valence-corrected chi connectivity index (χ1v) is 7.06. The van der Waals surface area contributed by atoms with Crippen molar-refractivity contribution in [2.45, 2.75) is 27.2 Å². The van der Waals surface area contributed by atoms with Crippen molar-refractivity contribution in [3.8, 4) is 0 Å². The molecule has 0 spiro atoms. The standard InChI is InChI=1S/C17H23FN2O/c1-11(2)12(3)14(10-16(20-4)17(19)21)8-13-6-5-7-15(18)9-13/h5-7,9-12H,8H2,1-4H3,(H2,19,21)/b14-10-,20-16?. The van der Waals surface area contributed by atoms with Gasteiger partial charge in [-0.25, -0.2) is 4.39 Å². The van der Waals surface area contributed by atoms with Crippen molar-refractivity contribution < 1.29 is 9.18 Å². The molecule has 1 aromatic rings. The molecule has 0 bridgehead atoms. The van der Waals surface area contributed by atoms with E-state index in [2.05, 4.69) is 25.8 Å². The van der Waals surface area contributed by atoms with Crippen LogP contribution in [-0.2, 0) is 11.2 Å². The number of nitrogens with zero attached hydrogens (tertiary/aromatic N) is 1. The molecule has 114 valence electrons. The van der Waals surface area contributed by atoms with Gasteiger partial charge < -0.3 is 5.73 Å². The molecule has 0 radical (unpaired) electrons. The second-order valence-corrected chi connectivity index (χ2v) is 5.53. The van der Waals surface area contributed by atoms with E-state index < -0.39 is 5.91 Å². The van der Waals surface area contributed by atoms with Gasteiger partial charge in [-0.05, 0) is 42.0 Å². The maximum Gasteiger partial charge on any atom is 0.266 e. The average molecular weight is 290 g/mol. The van der Waals surface area contributed by atoms with Crippen molar-refractivity contribution in [1.29, 1.82) is 0 Å². The third kappa shape index (κ3) is 5.14. The number of nitrogens with two attached hydrogens (primary N) is 1. The number of hydrogen-bond donors (Lipinski definition) is 1. The van der Waals surface area contributed by atoms with Gasteiger partial charge in [0.15, 0.2) is 0 Å². The van der Waals surface area contributed by atoms with Crippen molar-refractivity contribution in [2.75, 3.05) is 7.05 Å². The molecule has 1 aromatic carbocycles. The normalized spacial score (nSPS) is 14.4. The Hall–Kier alpha value is -1.97. The minimum atomic E-state index is -0.551. The Morgan fingerprint density at radius 1 is 1.38 bits per heavy atom. The summed E-state index contributed by atoms with van der Waals surface area (Å²) in [5.74, 6) is -0.173. The average Bonchev–Trinajstić information content (AvgIpc) is 2.42. The van der Waals surface area contributed by atoms with Crippen molar-refractivity contribution >= 4 is 11.6 Å². The highest BCUT2D eigenvalue weighted by Gasteiger charge is 2.16. The first-order valence-electron chi connectivity index (χ1n) is 7.06. The van der Waals surface area contributed by atoms with Gasteiger partial charge >= 0.3 is 0 Å². The number of allylic oxidation sites excluding steroid dienone is 1. The lowest BCUT2D eigenvalue weighted by Gasteiger charge is -2.20. The summed E-state index contributed by atoms with van der Waals surface area (Å²) in [6, 6.07) is 6.48. The van der Waals surface area contributed by atoms with Gasteiger partial charge in [-0.3, -0.25) is 9.79 Å². The van der Waals surface area contributed by atoms with Crippen LogP contribution in [0.25, 0.3) is 0 Å². The van der Waals surface area contributed by atoms with Gasteiger partial charge in [0.25, 0.3) is 5.91 Å². The molecule has 4 heteroatoms. The summed E-state index contributed by atoms with van der Waals surface area (Å²) < 4.78 is 13.3. The number of benzene rings is 1. The van der Waals surface area contributed by atoms with Gasteiger partial charge in [0.1, 0.15) is 11.5 Å². The number of rotatable bonds is 6. The van der Waals surface area contributed by atoms with Crippen LogP contribution in [-0.4, -0.2) is 18.7 Å². The van der Waals surface area contributed by atoms with E-state index >= 15 is 0 Å². The molecule has 2 N–H and O–H groups in total. The maximum atomic E-state index is 13.3. The first kappa shape index (κ1) is 17.1. The quantitative estimate of drug-likeness (QED) is 0.804. The van der Waals surface area contributed by atoms with E-state index in [-0.39, 0.29) is 17.4 Å². The number of amides is 1. The van der Waals surface area contributed by atoms with E-state index in [1.807, 2.05) is 6.07 Å². The summed E-state index contributed by atoms with van der Waals surface area (Å²) >= 11 is 0. The van der Waals surface area contributed by atoms with Crippen LogP contribution in [0.1, 0.15) is 26.3 Å². The number of carbonyl (C=O) groups excluding carboxylic acids is 1. The molecule has 0 heterocycles. The van der Waals surface area contributed by atoms with Crippen LogP contribution in [0.15, 0.2) is 40.9 Å². The second kappa shape index (κ2) is 7.72. The van der Waals surface area contributed by atoms with Crippen LogP contribution in [0, 0.1) is 17.7 Å². The van der Waals surface area contributed by atoms with E-state index in [0.29, 0.717) is 12.3 Å². The third-order valence-electron chi connectivity index (χ3n) is 3.70. The molecule has 1 unspecified atom stereocenters.